The van der Waals surface area contributed by atoms with Crippen molar-refractivity contribution in [2.75, 3.05) is 19.0 Å². The summed E-state index contributed by atoms with van der Waals surface area (Å²) in [5.41, 5.74) is 1.83. The quantitative estimate of drug-likeness (QED) is 0.509. The molecule has 3 nitrogen and oxygen atoms in total. The zero-order valence-corrected chi connectivity index (χ0v) is 12.0. The van der Waals surface area contributed by atoms with Gasteiger partial charge in [-0.15, -0.1) is 0 Å². The fourth-order valence-corrected chi connectivity index (χ4v) is 2.31. The molecule has 1 aromatic rings. The minimum Gasteiger partial charge on any atom is -0.370 e. The monoisotopic (exact) mass is 341 g/mol. The standard InChI is InChI=1S/C10H11BrF3N3S/c1-16-9(15)17(2)8-5-6(3-4-7(8)11)18-10(12,13)14/h3-5H,1-2H3,(H2,15,16). The third-order valence-electron chi connectivity index (χ3n) is 2.09. The topological polar surface area (TPSA) is 41.6 Å². The van der Waals surface area contributed by atoms with Crippen LogP contribution in [0.4, 0.5) is 18.9 Å². The first kappa shape index (κ1) is 15.2. The van der Waals surface area contributed by atoms with Gasteiger partial charge in [-0.05, 0) is 45.9 Å². The van der Waals surface area contributed by atoms with Crippen LogP contribution in [0, 0.1) is 0 Å². The highest BCUT2D eigenvalue weighted by molar-refractivity contribution is 9.10. The van der Waals surface area contributed by atoms with Crippen molar-refractivity contribution in [3.8, 4) is 0 Å². The second-order valence-electron chi connectivity index (χ2n) is 3.30. The van der Waals surface area contributed by atoms with Crippen molar-refractivity contribution in [2.45, 2.75) is 10.4 Å². The SMILES string of the molecule is CN=C(N)N(C)c1cc(SC(F)(F)F)ccc1Br. The number of benzene rings is 1. The van der Waals surface area contributed by atoms with Gasteiger partial charge in [-0.2, -0.15) is 13.2 Å². The molecule has 0 radical (unpaired) electrons. The van der Waals surface area contributed by atoms with Crippen LogP contribution in [0.25, 0.3) is 0 Å². The molecule has 0 aromatic heterocycles. The Hall–Kier alpha value is -0.890. The highest BCUT2D eigenvalue weighted by atomic mass is 79.9. The van der Waals surface area contributed by atoms with E-state index in [1.165, 1.54) is 24.1 Å². The molecule has 0 atom stereocenters. The molecule has 1 rings (SSSR count). The number of halogens is 4. The lowest BCUT2D eigenvalue weighted by Crippen LogP contribution is -2.33. The Morgan fingerprint density at radius 2 is 2.06 bits per heavy atom. The summed E-state index contributed by atoms with van der Waals surface area (Å²) in [5, 5.41) is 0. The number of anilines is 1. The van der Waals surface area contributed by atoms with E-state index < -0.39 is 5.51 Å². The normalized spacial score (nSPS) is 12.7. The van der Waals surface area contributed by atoms with Crippen molar-refractivity contribution in [3.63, 3.8) is 0 Å². The first-order valence-corrected chi connectivity index (χ1v) is 6.37. The third-order valence-corrected chi connectivity index (χ3v) is 3.48. The summed E-state index contributed by atoms with van der Waals surface area (Å²) in [6, 6.07) is 4.34. The zero-order chi connectivity index (χ0) is 13.9. The second kappa shape index (κ2) is 5.83. The Morgan fingerprint density at radius 1 is 1.44 bits per heavy atom. The maximum Gasteiger partial charge on any atom is 0.446 e. The summed E-state index contributed by atoms with van der Waals surface area (Å²) in [4.78, 5) is 5.38. The minimum absolute atomic E-state index is 0.0939. The number of rotatable bonds is 2. The van der Waals surface area contributed by atoms with Crippen LogP contribution >= 0.6 is 27.7 Å². The van der Waals surface area contributed by atoms with Crippen molar-refractivity contribution in [2.24, 2.45) is 10.7 Å². The Kier molecular flexibility index (Phi) is 4.92. The van der Waals surface area contributed by atoms with E-state index in [2.05, 4.69) is 20.9 Å². The number of alkyl halides is 3. The fourth-order valence-electron chi connectivity index (χ4n) is 1.22. The van der Waals surface area contributed by atoms with Gasteiger partial charge in [0.15, 0.2) is 5.96 Å². The third kappa shape index (κ3) is 4.09. The molecular weight excluding hydrogens is 331 g/mol. The van der Waals surface area contributed by atoms with Crippen LogP contribution in [-0.4, -0.2) is 25.6 Å². The first-order valence-electron chi connectivity index (χ1n) is 4.76. The summed E-state index contributed by atoms with van der Waals surface area (Å²) >= 11 is 3.10. The lowest BCUT2D eigenvalue weighted by atomic mass is 10.3. The fraction of sp³-hybridized carbons (Fsp3) is 0.300. The van der Waals surface area contributed by atoms with Gasteiger partial charge in [-0.3, -0.25) is 4.99 Å². The molecule has 2 N–H and O–H groups in total. The van der Waals surface area contributed by atoms with Crippen LogP contribution in [0.15, 0.2) is 32.6 Å². The van der Waals surface area contributed by atoms with Gasteiger partial charge >= 0.3 is 5.51 Å². The van der Waals surface area contributed by atoms with Crippen molar-refractivity contribution >= 4 is 39.3 Å². The number of nitrogens with zero attached hydrogens (tertiary/aromatic N) is 2. The maximum absolute atomic E-state index is 12.3. The lowest BCUT2D eigenvalue weighted by Gasteiger charge is -2.20. The summed E-state index contributed by atoms with van der Waals surface area (Å²) in [6.45, 7) is 0. The highest BCUT2D eigenvalue weighted by Gasteiger charge is 2.29. The number of hydrogen-bond acceptors (Lipinski definition) is 2. The van der Waals surface area contributed by atoms with Gasteiger partial charge in [-0.1, -0.05) is 0 Å². The van der Waals surface area contributed by atoms with E-state index in [-0.39, 0.29) is 22.6 Å². The molecule has 0 aliphatic heterocycles. The van der Waals surface area contributed by atoms with Gasteiger partial charge in [0.25, 0.3) is 0 Å². The van der Waals surface area contributed by atoms with Gasteiger partial charge in [-0.25, -0.2) is 0 Å². The van der Waals surface area contributed by atoms with Crippen LogP contribution in [0.3, 0.4) is 0 Å². The van der Waals surface area contributed by atoms with Crippen LogP contribution in [0.1, 0.15) is 0 Å². The molecule has 0 spiro atoms. The molecule has 8 heteroatoms. The molecule has 0 saturated heterocycles. The predicted molar refractivity (Wildman–Crippen MR) is 72.0 cm³/mol. The summed E-state index contributed by atoms with van der Waals surface area (Å²) < 4.78 is 37.5. The van der Waals surface area contributed by atoms with Crippen LogP contribution in [-0.2, 0) is 0 Å². The molecule has 0 unspecified atom stereocenters. The van der Waals surface area contributed by atoms with E-state index in [1.807, 2.05) is 0 Å². The predicted octanol–water partition coefficient (Wildman–Crippen LogP) is 3.44. The first-order chi connectivity index (χ1) is 8.24. The number of aliphatic imine (C=N–C) groups is 1. The van der Waals surface area contributed by atoms with Gasteiger partial charge in [0, 0.05) is 23.5 Å². The van der Waals surface area contributed by atoms with E-state index >= 15 is 0 Å². The van der Waals surface area contributed by atoms with Crippen LogP contribution in [0.5, 0.6) is 0 Å². The summed E-state index contributed by atoms with van der Waals surface area (Å²) in [7, 11) is 3.14. The minimum atomic E-state index is -4.31. The second-order valence-corrected chi connectivity index (χ2v) is 5.29. The van der Waals surface area contributed by atoms with E-state index in [1.54, 1.807) is 13.1 Å². The average molecular weight is 342 g/mol. The Balaban J connectivity index is 3.09. The van der Waals surface area contributed by atoms with E-state index in [0.717, 1.165) is 0 Å². The molecule has 100 valence electrons. The van der Waals surface area contributed by atoms with E-state index in [0.29, 0.717) is 10.2 Å². The van der Waals surface area contributed by atoms with Gasteiger partial charge in [0.1, 0.15) is 0 Å². The average Bonchev–Trinajstić information content (AvgIpc) is 2.28. The molecular formula is C10H11BrF3N3S. The highest BCUT2D eigenvalue weighted by Crippen LogP contribution is 2.39. The Bertz CT molecular complexity index is 462. The zero-order valence-electron chi connectivity index (χ0n) is 9.62. The molecule has 18 heavy (non-hydrogen) atoms. The van der Waals surface area contributed by atoms with Gasteiger partial charge in [0.05, 0.1) is 5.69 Å². The molecule has 0 aliphatic rings. The Morgan fingerprint density at radius 3 is 2.56 bits per heavy atom. The number of thioether (sulfide) groups is 1. The lowest BCUT2D eigenvalue weighted by molar-refractivity contribution is -0.0328. The maximum atomic E-state index is 12.3. The smallest absolute Gasteiger partial charge is 0.370 e. The van der Waals surface area contributed by atoms with Crippen LogP contribution in [0.2, 0.25) is 0 Å². The summed E-state index contributed by atoms with van der Waals surface area (Å²) in [6.07, 6.45) is 0. The number of hydrogen-bond donors (Lipinski definition) is 1. The summed E-state index contributed by atoms with van der Waals surface area (Å²) in [5.74, 6) is 0.213. The largest absolute Gasteiger partial charge is 0.446 e. The Labute approximate surface area is 115 Å². The molecule has 0 amide bonds. The van der Waals surface area contributed by atoms with Crippen molar-refractivity contribution in [3.05, 3.63) is 22.7 Å². The molecule has 0 bridgehead atoms. The van der Waals surface area contributed by atoms with E-state index in [9.17, 15) is 13.2 Å². The van der Waals surface area contributed by atoms with Crippen molar-refractivity contribution in [1.82, 2.24) is 0 Å². The van der Waals surface area contributed by atoms with E-state index in [4.69, 9.17) is 5.73 Å². The van der Waals surface area contributed by atoms with Crippen molar-refractivity contribution in [1.29, 1.82) is 0 Å². The molecule has 0 heterocycles. The number of guanidine groups is 1. The molecule has 0 fully saturated rings. The molecule has 0 saturated carbocycles. The van der Waals surface area contributed by atoms with Crippen molar-refractivity contribution < 1.29 is 13.2 Å². The van der Waals surface area contributed by atoms with Crippen LogP contribution < -0.4 is 10.6 Å². The van der Waals surface area contributed by atoms with Gasteiger partial charge < -0.3 is 10.6 Å². The van der Waals surface area contributed by atoms with Gasteiger partial charge in [0.2, 0.25) is 0 Å². The number of nitrogens with two attached hydrogens (primary N) is 1. The molecule has 0 aliphatic carbocycles. The molecule has 1 aromatic carbocycles.